The van der Waals surface area contributed by atoms with Gasteiger partial charge in [0.15, 0.2) is 5.82 Å². The van der Waals surface area contributed by atoms with Gasteiger partial charge in [-0.1, -0.05) is 23.4 Å². The molecule has 0 aliphatic carbocycles. The fourth-order valence-corrected chi connectivity index (χ4v) is 2.62. The van der Waals surface area contributed by atoms with Crippen molar-refractivity contribution in [3.8, 4) is 22.7 Å². The smallest absolute Gasteiger partial charge is 0.341 e. The Kier molecular flexibility index (Phi) is 3.81. The Morgan fingerprint density at radius 3 is 2.85 bits per heavy atom. The number of hydrogen-bond donors (Lipinski definition) is 1. The van der Waals surface area contributed by atoms with Crippen LogP contribution in [-0.2, 0) is 11.3 Å². The van der Waals surface area contributed by atoms with Crippen molar-refractivity contribution in [2.45, 2.75) is 6.54 Å². The topological polar surface area (TPSA) is 116 Å². The minimum atomic E-state index is -0.589. The maximum Gasteiger partial charge on any atom is 0.341 e. The zero-order chi connectivity index (χ0) is 18.1. The lowest BCUT2D eigenvalue weighted by Crippen LogP contribution is -2.13. The Morgan fingerprint density at radius 1 is 1.27 bits per heavy atom. The molecule has 2 aliphatic rings. The number of esters is 1. The molecule has 3 heterocycles. The van der Waals surface area contributed by atoms with E-state index < -0.39 is 11.5 Å². The Bertz CT molecular complexity index is 1100. The molecule has 130 valence electrons. The molecule has 0 atom stereocenters. The van der Waals surface area contributed by atoms with E-state index in [1.54, 1.807) is 10.8 Å². The number of pyridine rings is 1. The molecule has 1 aromatic carbocycles. The summed E-state index contributed by atoms with van der Waals surface area (Å²) < 4.78 is 11.7. The van der Waals surface area contributed by atoms with E-state index in [1.807, 2.05) is 30.3 Å². The fraction of sp³-hybridized carbons (Fsp3) is 0.118. The zero-order valence-corrected chi connectivity index (χ0v) is 13.7. The molecule has 9 heteroatoms. The van der Waals surface area contributed by atoms with Crippen LogP contribution in [0.2, 0.25) is 0 Å². The molecule has 26 heavy (non-hydrogen) atoms. The second-order valence-electron chi connectivity index (χ2n) is 5.53. The van der Waals surface area contributed by atoms with Crippen molar-refractivity contribution in [2.75, 3.05) is 7.11 Å². The maximum absolute atomic E-state index is 12.0. The normalized spacial score (nSPS) is 11.0. The van der Waals surface area contributed by atoms with Crippen LogP contribution in [0.15, 0.2) is 52.0 Å². The number of carbonyl (C=O) groups excluding carboxylic acids is 1. The minimum Gasteiger partial charge on any atom is -0.465 e. The van der Waals surface area contributed by atoms with Crippen molar-refractivity contribution in [3.05, 3.63) is 64.5 Å². The molecule has 0 spiro atoms. The van der Waals surface area contributed by atoms with Crippen LogP contribution in [0.4, 0.5) is 0 Å². The van der Waals surface area contributed by atoms with Crippen molar-refractivity contribution < 1.29 is 14.1 Å². The molecular weight excluding hydrogens is 338 g/mol. The summed E-state index contributed by atoms with van der Waals surface area (Å²) >= 11 is 0. The SMILES string of the molecule is COC(=O)c1cn(Cc2noc(-c3ccccc3)n2)cc2c(=O)[nH]nc1-2. The van der Waals surface area contributed by atoms with E-state index in [2.05, 4.69) is 20.3 Å². The van der Waals surface area contributed by atoms with Crippen LogP contribution in [0.1, 0.15) is 16.2 Å². The highest BCUT2D eigenvalue weighted by Gasteiger charge is 2.22. The second-order valence-corrected chi connectivity index (χ2v) is 5.53. The molecule has 0 amide bonds. The lowest BCUT2D eigenvalue weighted by atomic mass is 10.1. The molecule has 0 bridgehead atoms. The first kappa shape index (κ1) is 15.8. The van der Waals surface area contributed by atoms with Gasteiger partial charge in [-0.05, 0) is 12.1 Å². The predicted octanol–water partition coefficient (Wildman–Crippen LogP) is 1.56. The summed E-state index contributed by atoms with van der Waals surface area (Å²) in [6, 6.07) is 9.37. The molecule has 1 aromatic heterocycles. The molecule has 0 radical (unpaired) electrons. The monoisotopic (exact) mass is 351 g/mol. The summed E-state index contributed by atoms with van der Waals surface area (Å²) in [6.45, 7) is 0.209. The van der Waals surface area contributed by atoms with E-state index >= 15 is 0 Å². The standard InChI is InChI=1S/C17H13N5O4/c1-25-17(24)12-8-22(7-11-14(12)19-20-15(11)23)9-13-18-16(26-21-13)10-5-3-2-4-6-10/h2-8H,9H2,1H3,(H,20,23). The van der Waals surface area contributed by atoms with Gasteiger partial charge in [0, 0.05) is 18.0 Å². The number of aromatic nitrogens is 5. The minimum absolute atomic E-state index is 0.176. The van der Waals surface area contributed by atoms with E-state index in [0.29, 0.717) is 11.7 Å². The molecule has 4 rings (SSSR count). The van der Waals surface area contributed by atoms with Gasteiger partial charge in [0.05, 0.1) is 19.2 Å². The highest BCUT2D eigenvalue weighted by atomic mass is 16.5. The number of hydrogen-bond acceptors (Lipinski definition) is 7. The van der Waals surface area contributed by atoms with Crippen molar-refractivity contribution in [2.24, 2.45) is 0 Å². The number of H-pyrrole nitrogens is 1. The van der Waals surface area contributed by atoms with E-state index in [0.717, 1.165) is 5.56 Å². The number of benzene rings is 1. The first-order valence-corrected chi connectivity index (χ1v) is 7.70. The van der Waals surface area contributed by atoms with Gasteiger partial charge >= 0.3 is 5.97 Å². The van der Waals surface area contributed by atoms with Crippen LogP contribution in [-0.4, -0.2) is 38.0 Å². The Balaban J connectivity index is 1.71. The van der Waals surface area contributed by atoms with Gasteiger partial charge in [-0.15, -0.1) is 0 Å². The van der Waals surface area contributed by atoms with Crippen LogP contribution >= 0.6 is 0 Å². The van der Waals surface area contributed by atoms with Crippen LogP contribution in [0.25, 0.3) is 22.7 Å². The molecule has 9 nitrogen and oxygen atoms in total. The summed E-state index contributed by atoms with van der Waals surface area (Å²) in [6.07, 6.45) is 3.11. The number of fused-ring (bicyclic) bond motifs is 1. The van der Waals surface area contributed by atoms with Gasteiger partial charge in [-0.3, -0.25) is 4.79 Å². The fourth-order valence-electron chi connectivity index (χ4n) is 2.62. The molecule has 0 fully saturated rings. The Morgan fingerprint density at radius 2 is 2.08 bits per heavy atom. The molecule has 0 saturated carbocycles. The van der Waals surface area contributed by atoms with Crippen LogP contribution in [0, 0.1) is 0 Å². The molecule has 2 aliphatic heterocycles. The number of rotatable bonds is 4. The summed E-state index contributed by atoms with van der Waals surface area (Å²) in [7, 11) is 1.27. The second kappa shape index (κ2) is 6.28. The van der Waals surface area contributed by atoms with Gasteiger partial charge in [0.25, 0.3) is 11.4 Å². The van der Waals surface area contributed by atoms with Crippen LogP contribution in [0.5, 0.6) is 0 Å². The van der Waals surface area contributed by atoms with Crippen molar-refractivity contribution in [1.82, 2.24) is 24.9 Å². The van der Waals surface area contributed by atoms with Crippen molar-refractivity contribution in [3.63, 3.8) is 0 Å². The quantitative estimate of drug-likeness (QED) is 0.555. The number of carbonyl (C=O) groups is 1. The molecular formula is C17H13N5O4. The molecule has 0 unspecified atom stereocenters. The lowest BCUT2D eigenvalue weighted by Gasteiger charge is -2.09. The Labute approximate surface area is 146 Å². The maximum atomic E-state index is 12.0. The highest BCUT2D eigenvalue weighted by Crippen LogP contribution is 2.21. The lowest BCUT2D eigenvalue weighted by molar-refractivity contribution is 0.0600. The third-order valence-corrected chi connectivity index (χ3v) is 3.83. The van der Waals surface area contributed by atoms with Crippen molar-refractivity contribution in [1.29, 1.82) is 0 Å². The highest BCUT2D eigenvalue weighted by molar-refractivity contribution is 5.95. The molecule has 2 aromatic rings. The summed E-state index contributed by atoms with van der Waals surface area (Å²) in [5, 5.41) is 10.2. The number of nitrogens with zero attached hydrogens (tertiary/aromatic N) is 4. The van der Waals surface area contributed by atoms with Gasteiger partial charge in [-0.2, -0.15) is 10.1 Å². The first-order chi connectivity index (χ1) is 12.7. The van der Waals surface area contributed by atoms with Gasteiger partial charge < -0.3 is 13.8 Å². The van der Waals surface area contributed by atoms with Gasteiger partial charge in [0.2, 0.25) is 0 Å². The van der Waals surface area contributed by atoms with Crippen LogP contribution < -0.4 is 5.56 Å². The largest absolute Gasteiger partial charge is 0.465 e. The number of methoxy groups -OCH3 is 1. The third kappa shape index (κ3) is 2.75. The first-order valence-electron chi connectivity index (χ1n) is 7.70. The van der Waals surface area contributed by atoms with Crippen LogP contribution in [0.3, 0.4) is 0 Å². The number of nitrogens with one attached hydrogen (secondary N) is 1. The average Bonchev–Trinajstić information content (AvgIpc) is 3.29. The van der Waals surface area contributed by atoms with Gasteiger partial charge in [0.1, 0.15) is 11.3 Å². The molecule has 0 saturated heterocycles. The zero-order valence-electron chi connectivity index (χ0n) is 13.7. The van der Waals surface area contributed by atoms with E-state index in [9.17, 15) is 9.59 Å². The third-order valence-electron chi connectivity index (χ3n) is 3.83. The average molecular weight is 351 g/mol. The number of ether oxygens (including phenoxy) is 1. The summed E-state index contributed by atoms with van der Waals surface area (Å²) in [4.78, 5) is 28.2. The molecule has 1 N–H and O–H groups in total. The van der Waals surface area contributed by atoms with E-state index in [1.165, 1.54) is 13.3 Å². The van der Waals surface area contributed by atoms with E-state index in [-0.39, 0.29) is 23.4 Å². The summed E-state index contributed by atoms with van der Waals surface area (Å²) in [5.41, 5.74) is 1.13. The Hall–Kier alpha value is -3.75. The van der Waals surface area contributed by atoms with E-state index in [4.69, 9.17) is 9.26 Å². The number of aromatic amines is 1. The van der Waals surface area contributed by atoms with Crippen molar-refractivity contribution >= 4 is 5.97 Å². The van der Waals surface area contributed by atoms with Gasteiger partial charge in [-0.25, -0.2) is 9.89 Å². The summed E-state index contributed by atoms with van der Waals surface area (Å²) in [5.74, 6) is 0.206. The predicted molar refractivity (Wildman–Crippen MR) is 89.6 cm³/mol.